The molecule has 3 aromatic rings. The number of hydrogen-bond donors (Lipinski definition) is 7. The summed E-state index contributed by atoms with van der Waals surface area (Å²) < 4.78 is 73.3. The van der Waals surface area contributed by atoms with Crippen molar-refractivity contribution in [3.05, 3.63) is 113 Å². The highest BCUT2D eigenvalue weighted by molar-refractivity contribution is 7.79. The summed E-state index contributed by atoms with van der Waals surface area (Å²) in [7, 11) is 1.60. The van der Waals surface area contributed by atoms with Gasteiger partial charge in [-0.05, 0) is 145 Å². The summed E-state index contributed by atoms with van der Waals surface area (Å²) in [5.74, 6) is -1.64. The Balaban J connectivity index is 0.000000401. The quantitative estimate of drug-likeness (QED) is 0.00629. The molecule has 3 fully saturated rings. The smallest absolute Gasteiger partial charge is 0.408 e. The van der Waals surface area contributed by atoms with Gasteiger partial charge in [0.2, 0.25) is 12.0 Å². The number of hydrazone groups is 1. The molecule has 2 saturated carbocycles. The minimum atomic E-state index is -2.42. The van der Waals surface area contributed by atoms with Crippen LogP contribution >= 0.6 is 0 Å². The van der Waals surface area contributed by atoms with Crippen molar-refractivity contribution in [1.82, 2.24) is 16.0 Å². The lowest BCUT2D eigenvalue weighted by molar-refractivity contribution is -0.346. The zero-order valence-corrected chi connectivity index (χ0v) is 59.3. The van der Waals surface area contributed by atoms with E-state index in [1.165, 1.54) is 71.0 Å². The predicted molar refractivity (Wildman–Crippen MR) is 359 cm³/mol. The van der Waals surface area contributed by atoms with Crippen LogP contribution in [0.2, 0.25) is 0 Å². The summed E-state index contributed by atoms with van der Waals surface area (Å²) in [5, 5.41) is 49.8. The van der Waals surface area contributed by atoms with Crippen LogP contribution in [0.3, 0.4) is 0 Å². The summed E-state index contributed by atoms with van der Waals surface area (Å²) in [5.41, 5.74) is -7.68. The zero-order valence-electron chi connectivity index (χ0n) is 58.5. The van der Waals surface area contributed by atoms with E-state index in [9.17, 15) is 62.4 Å². The summed E-state index contributed by atoms with van der Waals surface area (Å²) in [4.78, 5) is 121. The third kappa shape index (κ3) is 20.2. The second-order valence-electron chi connectivity index (χ2n) is 27.0. The molecule has 0 spiro atoms. The van der Waals surface area contributed by atoms with Crippen molar-refractivity contribution >= 4 is 70.1 Å². The molecule has 29 heteroatoms. The van der Waals surface area contributed by atoms with E-state index in [-0.39, 0.29) is 71.1 Å². The summed E-state index contributed by atoms with van der Waals surface area (Å²) in [6.07, 6.45) is -9.35. The molecule has 8 N–H and O–H groups in total. The standard InChI is InChI=1S/C49H63N3O15.C22H34N2O8S/c1-26(52-50)17-16-22-34(55)64-38(36(29-18-12-10-13-19-29)51-44(60)67-45(4,5)6)43(59)63-31-24-49(61)41(65-42(58)30-20-14-11-15-21-30)39-47(9,40(57)37(56)35(27(31)2)46(49,7)8)32(54)23-33-48(39,25-62-33)66-28(3)53;1-17(25)20(24-22(27)18-6-8-19(9-7-18)33(28)29)5-3-4-11-23-21(26)10-12-31-15-16-32-14-13-30-2/h10-15,18-21,31-33,36-39,41,54,56,61H,16-17,22-25,50H2,1-9H3,(H,51,60);6-9,20H,3-5,10-16H2,1-2H3,(H,23,26)(H,24,27)(H,28,29)/p-1/b52-26+;/t31-,32-,33?,36-,37+,38+,39-,41-,47+,48-,49+;/m0./s1. The van der Waals surface area contributed by atoms with E-state index in [4.69, 9.17) is 48.5 Å². The molecule has 1 saturated heterocycles. The number of ketones is 2. The number of alkyl carbamates (subject to hydrolysis) is 1. The number of carbonyl (C=O) groups excluding carboxylic acids is 9. The van der Waals surface area contributed by atoms with Crippen LogP contribution < -0.4 is 21.8 Å². The first-order valence-electron chi connectivity index (χ1n) is 33.2. The maximum absolute atomic E-state index is 15.2. The Hall–Kier alpha value is -7.87. The Bertz CT molecular complexity index is 3440. The molecule has 1 aliphatic heterocycles. The molecule has 3 unspecified atom stereocenters. The number of Topliss-reactive ketones (excluding diaryl/α,β-unsaturated/α-hetero) is 2. The Labute approximate surface area is 584 Å². The fraction of sp³-hybridized carbons (Fsp3) is 0.577. The number of carbonyl (C=O) groups is 9. The van der Waals surface area contributed by atoms with Gasteiger partial charge in [-0.3, -0.25) is 33.0 Å². The van der Waals surface area contributed by atoms with Crippen molar-refractivity contribution in [3.63, 3.8) is 0 Å². The molecule has 3 aromatic carbocycles. The Morgan fingerprint density at radius 3 is 2.02 bits per heavy atom. The highest BCUT2D eigenvalue weighted by Gasteiger charge is 2.78. The molecule has 13 atom stereocenters. The first-order valence-corrected chi connectivity index (χ1v) is 34.2. The molecule has 0 aromatic heterocycles. The van der Waals surface area contributed by atoms with Gasteiger partial charge in [0.15, 0.2) is 17.2 Å². The molecular weight excluding hydrogens is 1320 g/mol. The van der Waals surface area contributed by atoms with Crippen molar-refractivity contribution in [2.75, 3.05) is 53.3 Å². The van der Waals surface area contributed by atoms with E-state index < -0.39 is 141 Å². The highest BCUT2D eigenvalue weighted by Crippen LogP contribution is 2.64. The van der Waals surface area contributed by atoms with Crippen LogP contribution in [0.5, 0.6) is 0 Å². The van der Waals surface area contributed by atoms with Crippen LogP contribution in [0.4, 0.5) is 4.79 Å². The van der Waals surface area contributed by atoms with Gasteiger partial charge < -0.3 is 84.3 Å². The molecule has 7 rings (SSSR count). The molecule has 28 nitrogen and oxygen atoms in total. The number of methoxy groups -OCH3 is 1. The summed E-state index contributed by atoms with van der Waals surface area (Å²) in [6, 6.07) is 19.4. The average Bonchev–Trinajstić information content (AvgIpc) is 0.671. The molecule has 3 amide bonds. The molecule has 2 bridgehead atoms. The van der Waals surface area contributed by atoms with Gasteiger partial charge in [-0.25, -0.2) is 14.4 Å². The van der Waals surface area contributed by atoms with Crippen LogP contribution in [0.1, 0.15) is 159 Å². The van der Waals surface area contributed by atoms with Gasteiger partial charge in [0.05, 0.1) is 68.7 Å². The number of rotatable bonds is 31. The molecule has 550 valence electrons. The predicted octanol–water partition coefficient (Wildman–Crippen LogP) is 5.28. The largest absolute Gasteiger partial charge is 0.768 e. The minimum Gasteiger partial charge on any atom is -0.768 e. The maximum Gasteiger partial charge on any atom is 0.408 e. The topological polar surface area (TPSA) is 412 Å². The van der Waals surface area contributed by atoms with E-state index in [1.807, 2.05) is 0 Å². The average molecular weight is 1420 g/mol. The van der Waals surface area contributed by atoms with E-state index in [0.29, 0.717) is 76.5 Å². The van der Waals surface area contributed by atoms with Gasteiger partial charge in [0.25, 0.3) is 5.91 Å². The minimum absolute atomic E-state index is 0.0589. The third-order valence-electron chi connectivity index (χ3n) is 18.6. The van der Waals surface area contributed by atoms with Gasteiger partial charge >= 0.3 is 30.0 Å². The van der Waals surface area contributed by atoms with Crippen molar-refractivity contribution in [3.8, 4) is 0 Å². The number of fused-ring (bicyclic) bond motifs is 5. The van der Waals surface area contributed by atoms with Crippen LogP contribution in [0.15, 0.2) is 106 Å². The van der Waals surface area contributed by atoms with Gasteiger partial charge in [-0.15, -0.1) is 0 Å². The SMILES string of the molecule is CC(=O)O[C@@]12COC1C[C@H](O)[C@@]1(C)C(=O)[C@H](O)C3=C(C)[C@@H](OC(=O)[C@H](OC(=O)CCC/C(C)=N/N)[C@@H](NC(=O)OC(C)(C)C)c4ccccc4)C[C@@](O)([C@@H](OC(=O)c4ccccc4)[C@@H]12)C3(C)C.COCCOCCOCCC(=O)NCCCCC(NC(=O)c1ccc(S(=O)[O-])cc1)C(C)=O. The third-order valence-corrected chi connectivity index (χ3v) is 19.2. The fourth-order valence-corrected chi connectivity index (χ4v) is 13.5. The fourth-order valence-electron chi connectivity index (χ4n) is 13.2. The Kier molecular flexibility index (Phi) is 29.3. The number of hydrogen-bond acceptors (Lipinski definition) is 25. The second-order valence-corrected chi connectivity index (χ2v) is 27.9. The molecule has 0 radical (unpaired) electrons. The number of nitrogens with zero attached hydrogens (tertiary/aromatic N) is 1. The maximum atomic E-state index is 15.2. The lowest BCUT2D eigenvalue weighted by Gasteiger charge is -2.67. The van der Waals surface area contributed by atoms with E-state index in [1.54, 1.807) is 83.3 Å². The summed E-state index contributed by atoms with van der Waals surface area (Å²) >= 11 is -2.37. The van der Waals surface area contributed by atoms with Crippen LogP contribution in [-0.2, 0) is 82.5 Å². The monoisotopic (exact) mass is 1420 g/mol. The van der Waals surface area contributed by atoms with Crippen molar-refractivity contribution in [1.29, 1.82) is 0 Å². The number of esters is 4. The van der Waals surface area contributed by atoms with Crippen molar-refractivity contribution < 1.29 is 110 Å². The van der Waals surface area contributed by atoms with Gasteiger partial charge in [0, 0.05) is 67.8 Å². The van der Waals surface area contributed by atoms with Crippen molar-refractivity contribution in [2.45, 2.75) is 197 Å². The molecule has 1 heterocycles. The Morgan fingerprint density at radius 1 is 0.810 bits per heavy atom. The lowest BCUT2D eigenvalue weighted by Crippen LogP contribution is -2.81. The first kappa shape index (κ1) is 81.1. The van der Waals surface area contributed by atoms with Crippen molar-refractivity contribution in [2.24, 2.45) is 27.7 Å². The van der Waals surface area contributed by atoms with Crippen LogP contribution in [-0.4, -0.2) is 196 Å². The van der Waals surface area contributed by atoms with Crippen LogP contribution in [0.25, 0.3) is 0 Å². The first-order chi connectivity index (χ1) is 47.2. The number of aliphatic hydroxyl groups excluding tert-OH is 2. The van der Waals surface area contributed by atoms with Gasteiger partial charge in [-0.1, -0.05) is 62.4 Å². The number of amides is 3. The zero-order chi connectivity index (χ0) is 73.9. The van der Waals surface area contributed by atoms with Gasteiger partial charge in [-0.2, -0.15) is 5.10 Å². The van der Waals surface area contributed by atoms with E-state index in [0.717, 1.165) is 6.92 Å². The number of ether oxygens (including phenoxy) is 9. The second kappa shape index (κ2) is 36.1. The Morgan fingerprint density at radius 2 is 1.44 bits per heavy atom. The number of unbranched alkanes of at least 4 members (excludes halogenated alkanes) is 1. The van der Waals surface area contributed by atoms with E-state index >= 15 is 4.79 Å². The number of nitrogens with one attached hydrogen (secondary N) is 3. The summed E-state index contributed by atoms with van der Waals surface area (Å²) in [6.45, 7) is 17.5. The van der Waals surface area contributed by atoms with Gasteiger partial charge in [0.1, 0.15) is 41.7 Å². The molecule has 3 aliphatic carbocycles. The highest BCUT2D eigenvalue weighted by atomic mass is 32.2. The number of aliphatic hydroxyl groups is 3. The molecular formula is C71H96N5O23S-. The number of nitrogens with two attached hydrogens (primary N) is 1. The van der Waals surface area contributed by atoms with Crippen LogP contribution in [0, 0.1) is 16.7 Å². The van der Waals surface area contributed by atoms with E-state index in [2.05, 4.69) is 21.1 Å². The normalized spacial score (nSPS) is 24.9. The molecule has 100 heavy (non-hydrogen) atoms. The molecule has 4 aliphatic rings. The number of benzene rings is 3. The lowest BCUT2D eigenvalue weighted by atomic mass is 9.44.